The maximum atomic E-state index is 14.2. The highest BCUT2D eigenvalue weighted by molar-refractivity contribution is 6.03. The molecule has 0 spiro atoms. The van der Waals surface area contributed by atoms with Gasteiger partial charge < -0.3 is 14.2 Å². The fraction of sp³-hybridized carbons (Fsp3) is 0.200. The van der Waals surface area contributed by atoms with Crippen molar-refractivity contribution in [3.63, 3.8) is 0 Å². The molecule has 2 heterocycles. The predicted molar refractivity (Wildman–Crippen MR) is 139 cm³/mol. The smallest absolute Gasteiger partial charge is 0.258 e. The Hall–Kier alpha value is -4.39. The Morgan fingerprint density at radius 1 is 0.919 bits per heavy atom. The fourth-order valence-electron chi connectivity index (χ4n) is 5.17. The molecule has 4 aromatic rings. The largest absolute Gasteiger partial charge is 0.496 e. The molecule has 7 heteroatoms. The summed E-state index contributed by atoms with van der Waals surface area (Å²) in [6.07, 6.45) is 3.68. The van der Waals surface area contributed by atoms with Gasteiger partial charge in [-0.15, -0.1) is 0 Å². The van der Waals surface area contributed by atoms with Crippen LogP contribution >= 0.6 is 0 Å². The number of carbonyl (C=O) groups excluding carboxylic acids is 2. The van der Waals surface area contributed by atoms with Crippen molar-refractivity contribution in [3.8, 4) is 11.4 Å². The summed E-state index contributed by atoms with van der Waals surface area (Å²) >= 11 is 0. The van der Waals surface area contributed by atoms with Crippen molar-refractivity contribution in [2.24, 2.45) is 0 Å². The molecule has 1 atom stereocenters. The molecule has 1 aromatic heterocycles. The average molecular weight is 496 g/mol. The van der Waals surface area contributed by atoms with Crippen molar-refractivity contribution in [2.75, 3.05) is 18.6 Å². The first-order chi connectivity index (χ1) is 18.1. The van der Waals surface area contributed by atoms with Crippen LogP contribution in [0.2, 0.25) is 0 Å². The summed E-state index contributed by atoms with van der Waals surface area (Å²) in [5, 5.41) is 0. The second-order valence-corrected chi connectivity index (χ2v) is 9.37. The molecule has 1 aliphatic carbocycles. The first kappa shape index (κ1) is 23.0. The molecule has 1 unspecified atom stereocenters. The van der Waals surface area contributed by atoms with E-state index < -0.39 is 6.04 Å². The lowest BCUT2D eigenvalue weighted by atomic mass is 9.97. The van der Waals surface area contributed by atoms with Gasteiger partial charge in [-0.05, 0) is 66.9 Å². The lowest BCUT2D eigenvalue weighted by Gasteiger charge is -2.39. The van der Waals surface area contributed by atoms with Gasteiger partial charge in [-0.2, -0.15) is 0 Å². The number of fused-ring (bicyclic) bond motifs is 3. The van der Waals surface area contributed by atoms with Crippen LogP contribution in [0.5, 0.6) is 5.75 Å². The Bertz CT molecular complexity index is 1480. The number of carbonyl (C=O) groups is 2. The van der Waals surface area contributed by atoms with Gasteiger partial charge in [0.15, 0.2) is 0 Å². The van der Waals surface area contributed by atoms with Crippen molar-refractivity contribution in [2.45, 2.75) is 24.9 Å². The minimum Gasteiger partial charge on any atom is -0.496 e. The van der Waals surface area contributed by atoms with E-state index in [9.17, 15) is 14.0 Å². The molecule has 2 amide bonds. The van der Waals surface area contributed by atoms with E-state index in [1.54, 1.807) is 40.1 Å². The lowest BCUT2D eigenvalue weighted by Crippen LogP contribution is -2.47. The summed E-state index contributed by atoms with van der Waals surface area (Å²) < 4.78 is 21.3. The fourth-order valence-corrected chi connectivity index (χ4v) is 5.17. The number of ether oxygens (including phenoxy) is 1. The van der Waals surface area contributed by atoms with E-state index in [-0.39, 0.29) is 30.2 Å². The second-order valence-electron chi connectivity index (χ2n) is 9.37. The van der Waals surface area contributed by atoms with Gasteiger partial charge in [0.05, 0.1) is 29.7 Å². The number of nitrogens with zero attached hydrogens (tertiary/aromatic N) is 3. The second kappa shape index (κ2) is 9.24. The number of para-hydroxylation sites is 3. The summed E-state index contributed by atoms with van der Waals surface area (Å²) in [5.41, 5.74) is 3.74. The van der Waals surface area contributed by atoms with Crippen molar-refractivity contribution < 1.29 is 18.7 Å². The van der Waals surface area contributed by atoms with Crippen LogP contribution in [-0.4, -0.2) is 41.0 Å². The highest BCUT2D eigenvalue weighted by Gasteiger charge is 2.40. The number of amides is 2. The number of benzene rings is 3. The van der Waals surface area contributed by atoms with Gasteiger partial charge in [-0.25, -0.2) is 4.39 Å². The van der Waals surface area contributed by atoms with E-state index in [1.165, 1.54) is 19.2 Å². The van der Waals surface area contributed by atoms with Crippen LogP contribution in [0.1, 0.15) is 40.5 Å². The summed E-state index contributed by atoms with van der Waals surface area (Å²) in [4.78, 5) is 31.3. The number of anilines is 1. The van der Waals surface area contributed by atoms with Crippen LogP contribution in [-0.2, 0) is 4.79 Å². The van der Waals surface area contributed by atoms with Gasteiger partial charge >= 0.3 is 0 Å². The average Bonchev–Trinajstić information content (AvgIpc) is 3.66. The quantitative estimate of drug-likeness (QED) is 0.362. The normalized spacial score (nSPS) is 16.1. The van der Waals surface area contributed by atoms with E-state index in [1.807, 2.05) is 48.7 Å². The number of rotatable bonds is 6. The molecule has 1 fully saturated rings. The van der Waals surface area contributed by atoms with Crippen LogP contribution in [0.4, 0.5) is 10.1 Å². The Labute approximate surface area is 214 Å². The molecule has 0 saturated heterocycles. The van der Waals surface area contributed by atoms with E-state index >= 15 is 0 Å². The Balaban J connectivity index is 1.41. The first-order valence-electron chi connectivity index (χ1n) is 12.3. The molecule has 2 aliphatic rings. The SMILES string of the molecule is COc1ccccc1C(=O)N(CC(=O)N1c2ccccc2-n2cccc2C1c1ccc(F)cc1)C1CC1. The molecule has 0 bridgehead atoms. The standard InChI is InChI=1S/C30H26FN3O3/c1-37-27-11-5-2-7-23(27)30(36)33(22-16-17-22)19-28(35)34-25-9-4-3-8-24(25)32-18-6-10-26(32)29(34)20-12-14-21(31)15-13-20/h2-15,18,22,29H,16-17,19H2,1H3. The van der Waals surface area contributed by atoms with Gasteiger partial charge in [0.25, 0.3) is 5.91 Å². The summed E-state index contributed by atoms with van der Waals surface area (Å²) in [7, 11) is 1.53. The first-order valence-corrected chi connectivity index (χ1v) is 12.3. The minimum absolute atomic E-state index is 0.00882. The number of halogens is 1. The maximum Gasteiger partial charge on any atom is 0.258 e. The van der Waals surface area contributed by atoms with Crippen LogP contribution < -0.4 is 9.64 Å². The molecule has 3 aromatic carbocycles. The maximum absolute atomic E-state index is 14.2. The van der Waals surface area contributed by atoms with Crippen molar-refractivity contribution in [1.29, 1.82) is 0 Å². The third-order valence-electron chi connectivity index (χ3n) is 7.07. The number of methoxy groups -OCH3 is 1. The zero-order valence-electron chi connectivity index (χ0n) is 20.4. The molecule has 1 saturated carbocycles. The van der Waals surface area contributed by atoms with Gasteiger partial charge in [0.1, 0.15) is 24.2 Å². The van der Waals surface area contributed by atoms with Crippen LogP contribution in [0, 0.1) is 5.82 Å². The van der Waals surface area contributed by atoms with E-state index in [0.29, 0.717) is 11.3 Å². The van der Waals surface area contributed by atoms with E-state index in [2.05, 4.69) is 4.57 Å². The van der Waals surface area contributed by atoms with Gasteiger partial charge in [0.2, 0.25) is 5.91 Å². The highest BCUT2D eigenvalue weighted by Crippen LogP contribution is 2.42. The predicted octanol–water partition coefficient (Wildman–Crippen LogP) is 5.37. The Morgan fingerprint density at radius 2 is 1.62 bits per heavy atom. The lowest BCUT2D eigenvalue weighted by molar-refractivity contribution is -0.119. The topological polar surface area (TPSA) is 54.8 Å². The summed E-state index contributed by atoms with van der Waals surface area (Å²) in [6.45, 7) is -0.0751. The van der Waals surface area contributed by atoms with Crippen molar-refractivity contribution in [1.82, 2.24) is 9.47 Å². The van der Waals surface area contributed by atoms with Crippen LogP contribution in [0.15, 0.2) is 91.1 Å². The van der Waals surface area contributed by atoms with Crippen molar-refractivity contribution in [3.05, 3.63) is 114 Å². The third-order valence-corrected chi connectivity index (χ3v) is 7.07. The Kier molecular flexibility index (Phi) is 5.75. The van der Waals surface area contributed by atoms with E-state index in [0.717, 1.165) is 35.5 Å². The molecule has 1 aliphatic heterocycles. The van der Waals surface area contributed by atoms with Gasteiger partial charge in [-0.3, -0.25) is 14.5 Å². The molecular weight excluding hydrogens is 469 g/mol. The number of aromatic nitrogens is 1. The minimum atomic E-state index is -0.472. The summed E-state index contributed by atoms with van der Waals surface area (Å²) in [6, 6.07) is 24.5. The number of hydrogen-bond donors (Lipinski definition) is 0. The molecule has 0 N–H and O–H groups in total. The molecule has 6 rings (SSSR count). The number of hydrogen-bond acceptors (Lipinski definition) is 3. The zero-order valence-corrected chi connectivity index (χ0v) is 20.4. The van der Waals surface area contributed by atoms with E-state index in [4.69, 9.17) is 4.74 Å². The van der Waals surface area contributed by atoms with Crippen LogP contribution in [0.25, 0.3) is 5.69 Å². The van der Waals surface area contributed by atoms with Gasteiger partial charge in [-0.1, -0.05) is 36.4 Å². The highest BCUT2D eigenvalue weighted by atomic mass is 19.1. The molecule has 37 heavy (non-hydrogen) atoms. The molecular formula is C30H26FN3O3. The molecule has 6 nitrogen and oxygen atoms in total. The third kappa shape index (κ3) is 4.06. The summed E-state index contributed by atoms with van der Waals surface area (Å²) in [5.74, 6) is -0.281. The van der Waals surface area contributed by atoms with Crippen LogP contribution in [0.3, 0.4) is 0 Å². The molecule has 0 radical (unpaired) electrons. The van der Waals surface area contributed by atoms with Gasteiger partial charge in [0, 0.05) is 12.2 Å². The van der Waals surface area contributed by atoms with Crippen molar-refractivity contribution >= 4 is 17.5 Å². The Morgan fingerprint density at radius 3 is 2.35 bits per heavy atom. The monoisotopic (exact) mass is 495 g/mol. The zero-order chi connectivity index (χ0) is 25.5. The molecule has 186 valence electrons.